The SMILES string of the molecule is FC(F)(F)Oc1ccc(CN2CC3CNCC3C2)cc1. The van der Waals surface area contributed by atoms with E-state index in [2.05, 4.69) is 15.0 Å². The highest BCUT2D eigenvalue weighted by molar-refractivity contribution is 5.27. The van der Waals surface area contributed by atoms with Gasteiger partial charge in [-0.05, 0) is 42.6 Å². The van der Waals surface area contributed by atoms with Crippen LogP contribution in [0.3, 0.4) is 0 Å². The van der Waals surface area contributed by atoms with Crippen LogP contribution in [0.1, 0.15) is 5.56 Å². The highest BCUT2D eigenvalue weighted by Gasteiger charge is 2.35. The van der Waals surface area contributed by atoms with Crippen LogP contribution >= 0.6 is 0 Å². The highest BCUT2D eigenvalue weighted by atomic mass is 19.4. The van der Waals surface area contributed by atoms with E-state index in [1.807, 2.05) is 0 Å². The van der Waals surface area contributed by atoms with E-state index in [1.54, 1.807) is 12.1 Å². The van der Waals surface area contributed by atoms with Gasteiger partial charge in [-0.2, -0.15) is 0 Å². The molecule has 0 bridgehead atoms. The number of rotatable bonds is 3. The van der Waals surface area contributed by atoms with Crippen molar-refractivity contribution in [3.05, 3.63) is 29.8 Å². The van der Waals surface area contributed by atoms with E-state index in [-0.39, 0.29) is 5.75 Å². The first-order chi connectivity index (χ1) is 9.49. The number of alkyl halides is 3. The molecule has 0 aliphatic carbocycles. The zero-order valence-electron chi connectivity index (χ0n) is 11.0. The third-order valence-electron chi connectivity index (χ3n) is 4.03. The minimum absolute atomic E-state index is 0.163. The van der Waals surface area contributed by atoms with Gasteiger partial charge in [0.15, 0.2) is 0 Å². The molecule has 0 saturated carbocycles. The van der Waals surface area contributed by atoms with Gasteiger partial charge in [0.2, 0.25) is 0 Å². The second-order valence-electron chi connectivity index (χ2n) is 5.56. The predicted molar refractivity (Wildman–Crippen MR) is 68.3 cm³/mol. The molecule has 2 atom stereocenters. The maximum atomic E-state index is 12.1. The molecular formula is C14H17F3N2O. The molecule has 0 amide bonds. The van der Waals surface area contributed by atoms with E-state index in [4.69, 9.17) is 0 Å². The van der Waals surface area contributed by atoms with Crippen molar-refractivity contribution in [3.63, 3.8) is 0 Å². The van der Waals surface area contributed by atoms with Gasteiger partial charge in [0.1, 0.15) is 5.75 Å². The third kappa shape index (κ3) is 3.24. The maximum absolute atomic E-state index is 12.1. The summed E-state index contributed by atoms with van der Waals surface area (Å²) in [5.41, 5.74) is 1.02. The molecule has 20 heavy (non-hydrogen) atoms. The van der Waals surface area contributed by atoms with Gasteiger partial charge in [0.25, 0.3) is 0 Å². The molecule has 1 N–H and O–H groups in total. The van der Waals surface area contributed by atoms with E-state index in [1.165, 1.54) is 12.1 Å². The van der Waals surface area contributed by atoms with Crippen molar-refractivity contribution >= 4 is 0 Å². The largest absolute Gasteiger partial charge is 0.573 e. The minimum Gasteiger partial charge on any atom is -0.406 e. The van der Waals surface area contributed by atoms with Crippen LogP contribution in [0.4, 0.5) is 13.2 Å². The lowest BCUT2D eigenvalue weighted by atomic mass is 10.0. The summed E-state index contributed by atoms with van der Waals surface area (Å²) in [6, 6.07) is 6.16. The number of ether oxygens (including phenoxy) is 1. The van der Waals surface area contributed by atoms with Crippen LogP contribution in [-0.2, 0) is 6.54 Å². The zero-order chi connectivity index (χ0) is 14.2. The molecule has 0 radical (unpaired) electrons. The molecule has 0 spiro atoms. The Kier molecular flexibility index (Phi) is 3.60. The summed E-state index contributed by atoms with van der Waals surface area (Å²) in [6.07, 6.45) is -4.62. The number of nitrogens with zero attached hydrogens (tertiary/aromatic N) is 1. The van der Waals surface area contributed by atoms with Crippen LogP contribution in [-0.4, -0.2) is 37.4 Å². The average Bonchev–Trinajstić information content (AvgIpc) is 2.90. The molecule has 0 aromatic heterocycles. The molecule has 3 nitrogen and oxygen atoms in total. The molecule has 2 fully saturated rings. The topological polar surface area (TPSA) is 24.5 Å². The van der Waals surface area contributed by atoms with Crippen molar-refractivity contribution in [3.8, 4) is 5.75 Å². The molecule has 2 saturated heterocycles. The number of benzene rings is 1. The van der Waals surface area contributed by atoms with Crippen molar-refractivity contribution < 1.29 is 17.9 Å². The van der Waals surface area contributed by atoms with Gasteiger partial charge >= 0.3 is 6.36 Å². The molecule has 1 aromatic carbocycles. The summed E-state index contributed by atoms with van der Waals surface area (Å²) in [6.45, 7) is 5.09. The highest BCUT2D eigenvalue weighted by Crippen LogP contribution is 2.28. The first kappa shape index (κ1) is 13.7. The van der Waals surface area contributed by atoms with Crippen molar-refractivity contribution in [1.82, 2.24) is 10.2 Å². The van der Waals surface area contributed by atoms with Gasteiger partial charge in [-0.3, -0.25) is 4.90 Å². The van der Waals surface area contributed by atoms with Crippen molar-refractivity contribution in [1.29, 1.82) is 0 Å². The van der Waals surface area contributed by atoms with Crippen LogP contribution in [0, 0.1) is 11.8 Å². The lowest BCUT2D eigenvalue weighted by molar-refractivity contribution is -0.274. The summed E-state index contributed by atoms with van der Waals surface area (Å²) in [5.74, 6) is 1.29. The van der Waals surface area contributed by atoms with Gasteiger partial charge in [0, 0.05) is 19.6 Å². The summed E-state index contributed by atoms with van der Waals surface area (Å²) in [7, 11) is 0. The molecule has 110 valence electrons. The van der Waals surface area contributed by atoms with Crippen LogP contribution in [0.25, 0.3) is 0 Å². The molecule has 6 heteroatoms. The standard InChI is InChI=1S/C14H17F3N2O/c15-14(16,17)20-13-3-1-10(2-4-13)7-19-8-11-5-18-6-12(11)9-19/h1-4,11-12,18H,5-9H2. The molecule has 2 unspecified atom stereocenters. The number of hydrogen-bond acceptors (Lipinski definition) is 3. The molecule has 2 aliphatic rings. The number of nitrogens with one attached hydrogen (secondary N) is 1. The smallest absolute Gasteiger partial charge is 0.406 e. The van der Waals surface area contributed by atoms with E-state index < -0.39 is 6.36 Å². The summed E-state index contributed by atoms with van der Waals surface area (Å²) < 4.78 is 40.1. The van der Waals surface area contributed by atoms with E-state index in [9.17, 15) is 13.2 Å². The molecule has 1 aromatic rings. The first-order valence-electron chi connectivity index (χ1n) is 6.77. The molecule has 3 rings (SSSR count). The van der Waals surface area contributed by atoms with E-state index in [0.29, 0.717) is 0 Å². The Labute approximate surface area is 115 Å². The van der Waals surface area contributed by atoms with Crippen LogP contribution < -0.4 is 10.1 Å². The predicted octanol–water partition coefficient (Wildman–Crippen LogP) is 2.24. The molecule has 2 heterocycles. The van der Waals surface area contributed by atoms with Gasteiger partial charge in [-0.25, -0.2) is 0 Å². The Bertz CT molecular complexity index is 448. The Balaban J connectivity index is 1.56. The van der Waals surface area contributed by atoms with Crippen molar-refractivity contribution in [2.24, 2.45) is 11.8 Å². The van der Waals surface area contributed by atoms with Gasteiger partial charge in [-0.1, -0.05) is 12.1 Å². The number of likely N-dealkylation sites (tertiary alicyclic amines) is 1. The minimum atomic E-state index is -4.62. The average molecular weight is 286 g/mol. The Hall–Kier alpha value is -1.27. The monoisotopic (exact) mass is 286 g/mol. The second kappa shape index (κ2) is 5.26. The fraction of sp³-hybridized carbons (Fsp3) is 0.571. The number of hydrogen-bond donors (Lipinski definition) is 1. The van der Waals surface area contributed by atoms with Crippen LogP contribution in [0.5, 0.6) is 5.75 Å². The van der Waals surface area contributed by atoms with Gasteiger partial charge in [-0.15, -0.1) is 13.2 Å². The summed E-state index contributed by atoms with van der Waals surface area (Å²) >= 11 is 0. The van der Waals surface area contributed by atoms with Crippen molar-refractivity contribution in [2.45, 2.75) is 12.9 Å². The normalized spacial score (nSPS) is 26.8. The van der Waals surface area contributed by atoms with Crippen LogP contribution in [0.15, 0.2) is 24.3 Å². The molecule has 2 aliphatic heterocycles. The first-order valence-corrected chi connectivity index (χ1v) is 6.77. The number of halogens is 3. The Morgan fingerprint density at radius 3 is 2.25 bits per heavy atom. The van der Waals surface area contributed by atoms with Gasteiger partial charge in [0.05, 0.1) is 0 Å². The zero-order valence-corrected chi connectivity index (χ0v) is 11.0. The van der Waals surface area contributed by atoms with E-state index >= 15 is 0 Å². The number of fused-ring (bicyclic) bond motifs is 1. The summed E-state index contributed by atoms with van der Waals surface area (Å²) in [5, 5.41) is 3.39. The lowest BCUT2D eigenvalue weighted by Gasteiger charge is -2.17. The van der Waals surface area contributed by atoms with Crippen LogP contribution in [0.2, 0.25) is 0 Å². The van der Waals surface area contributed by atoms with Gasteiger partial charge < -0.3 is 10.1 Å². The quantitative estimate of drug-likeness (QED) is 0.922. The van der Waals surface area contributed by atoms with E-state index in [0.717, 1.165) is 50.1 Å². The maximum Gasteiger partial charge on any atom is 0.573 e. The third-order valence-corrected chi connectivity index (χ3v) is 4.03. The van der Waals surface area contributed by atoms with Crippen molar-refractivity contribution in [2.75, 3.05) is 26.2 Å². The Morgan fingerprint density at radius 1 is 1.10 bits per heavy atom. The Morgan fingerprint density at radius 2 is 1.70 bits per heavy atom. The second-order valence-corrected chi connectivity index (χ2v) is 5.56. The molecular weight excluding hydrogens is 269 g/mol. The fourth-order valence-electron chi connectivity index (χ4n) is 3.14. The lowest BCUT2D eigenvalue weighted by Crippen LogP contribution is -2.25. The summed E-state index contributed by atoms with van der Waals surface area (Å²) in [4.78, 5) is 2.37. The fourth-order valence-corrected chi connectivity index (χ4v) is 3.14.